The molecule has 2 unspecified atom stereocenters. The highest BCUT2D eigenvalue weighted by Crippen LogP contribution is 2.38. The van der Waals surface area contributed by atoms with Crippen LogP contribution in [0.1, 0.15) is 30.5 Å². The summed E-state index contributed by atoms with van der Waals surface area (Å²) in [6.07, 6.45) is 2.20. The van der Waals surface area contributed by atoms with Gasteiger partial charge < -0.3 is 10.5 Å². The Hall–Kier alpha value is -1.06. The van der Waals surface area contributed by atoms with Crippen LogP contribution in [0.4, 0.5) is 0 Å². The third-order valence-electron chi connectivity index (χ3n) is 4.03. The molecule has 1 heterocycles. The van der Waals surface area contributed by atoms with Crippen LogP contribution in [-0.2, 0) is 6.42 Å². The summed E-state index contributed by atoms with van der Waals surface area (Å²) < 4.78 is 5.52. The molecule has 2 N–H and O–H groups in total. The summed E-state index contributed by atoms with van der Waals surface area (Å²) in [5.74, 6) is 1.61. The maximum Gasteiger partial charge on any atom is 0.123 e. The Kier molecular flexibility index (Phi) is 4.25. The highest BCUT2D eigenvalue weighted by molar-refractivity contribution is 5.40. The molecule has 0 aliphatic carbocycles. The first-order chi connectivity index (χ1) is 8.69. The number of benzene rings is 1. The first kappa shape index (κ1) is 13.4. The summed E-state index contributed by atoms with van der Waals surface area (Å²) in [6.45, 7) is 4.05. The van der Waals surface area contributed by atoms with Crippen molar-refractivity contribution < 1.29 is 4.74 Å². The lowest BCUT2D eigenvalue weighted by atomic mass is 9.97. The van der Waals surface area contributed by atoms with Gasteiger partial charge in [-0.15, -0.1) is 0 Å². The van der Waals surface area contributed by atoms with Crippen molar-refractivity contribution in [2.75, 3.05) is 27.2 Å². The average Bonchev–Trinajstić information content (AvgIpc) is 2.79. The Bertz CT molecular complexity index is 405. The van der Waals surface area contributed by atoms with Crippen LogP contribution in [0.2, 0.25) is 0 Å². The normalized spacial score (nSPS) is 24.4. The third kappa shape index (κ3) is 2.52. The van der Waals surface area contributed by atoms with Crippen molar-refractivity contribution in [3.63, 3.8) is 0 Å². The highest BCUT2D eigenvalue weighted by Gasteiger charge is 2.31. The lowest BCUT2D eigenvalue weighted by Gasteiger charge is -2.22. The molecule has 0 aromatic heterocycles. The second kappa shape index (κ2) is 5.72. The van der Waals surface area contributed by atoms with Gasteiger partial charge in [-0.05, 0) is 44.0 Å². The summed E-state index contributed by atoms with van der Waals surface area (Å²) >= 11 is 0. The monoisotopic (exact) mass is 248 g/mol. The summed E-state index contributed by atoms with van der Waals surface area (Å²) in [7, 11) is 3.93. The van der Waals surface area contributed by atoms with Crippen LogP contribution in [0.3, 0.4) is 0 Å². The van der Waals surface area contributed by atoms with E-state index in [4.69, 9.17) is 10.5 Å². The van der Waals surface area contributed by atoms with Gasteiger partial charge in [-0.1, -0.05) is 19.1 Å². The van der Waals surface area contributed by atoms with E-state index in [9.17, 15) is 0 Å². The zero-order valence-electron chi connectivity index (χ0n) is 11.6. The van der Waals surface area contributed by atoms with Crippen LogP contribution < -0.4 is 10.5 Å². The van der Waals surface area contributed by atoms with E-state index in [1.807, 2.05) is 0 Å². The van der Waals surface area contributed by atoms with Crippen molar-refractivity contribution in [2.24, 2.45) is 11.7 Å². The van der Waals surface area contributed by atoms with E-state index in [1.165, 1.54) is 11.1 Å². The maximum absolute atomic E-state index is 5.81. The number of methoxy groups -OCH3 is 1. The lowest BCUT2D eigenvalue weighted by molar-refractivity contribution is 0.303. The Morgan fingerprint density at radius 2 is 2.22 bits per heavy atom. The minimum atomic E-state index is 0.444. The number of hydrogen-bond acceptors (Lipinski definition) is 3. The minimum absolute atomic E-state index is 0.444. The Labute approximate surface area is 110 Å². The van der Waals surface area contributed by atoms with Gasteiger partial charge in [0.05, 0.1) is 7.11 Å². The standard InChI is InChI=1S/C15H24N2O/c1-4-11-5-6-15(18-3)13(7-11)14-8-12(9-16)10-17(14)2/h5-7,12,14H,4,8-10,16H2,1-3H3. The lowest BCUT2D eigenvalue weighted by Crippen LogP contribution is -2.21. The summed E-state index contributed by atoms with van der Waals surface area (Å²) in [5.41, 5.74) is 8.49. The number of hydrogen-bond donors (Lipinski definition) is 1. The molecule has 0 spiro atoms. The van der Waals surface area contributed by atoms with Crippen molar-refractivity contribution in [3.05, 3.63) is 29.3 Å². The van der Waals surface area contributed by atoms with E-state index in [-0.39, 0.29) is 0 Å². The molecule has 1 aromatic carbocycles. The number of nitrogens with two attached hydrogens (primary N) is 1. The molecule has 2 atom stereocenters. The fourth-order valence-corrected chi connectivity index (χ4v) is 2.90. The largest absolute Gasteiger partial charge is 0.496 e. The third-order valence-corrected chi connectivity index (χ3v) is 4.03. The molecule has 1 saturated heterocycles. The average molecular weight is 248 g/mol. The van der Waals surface area contributed by atoms with Crippen molar-refractivity contribution >= 4 is 0 Å². The van der Waals surface area contributed by atoms with Gasteiger partial charge in [-0.3, -0.25) is 4.90 Å². The topological polar surface area (TPSA) is 38.5 Å². The molecule has 0 saturated carbocycles. The molecule has 1 aliphatic rings. The van der Waals surface area contributed by atoms with Gasteiger partial charge in [0.15, 0.2) is 0 Å². The minimum Gasteiger partial charge on any atom is -0.496 e. The molecule has 2 rings (SSSR count). The first-order valence-electron chi connectivity index (χ1n) is 6.76. The molecular formula is C15H24N2O. The van der Waals surface area contributed by atoms with Gasteiger partial charge in [0.1, 0.15) is 5.75 Å². The molecule has 1 fully saturated rings. The van der Waals surface area contributed by atoms with E-state index in [2.05, 4.69) is 37.1 Å². The molecule has 100 valence electrons. The number of nitrogens with zero attached hydrogens (tertiary/aromatic N) is 1. The van der Waals surface area contributed by atoms with E-state index < -0.39 is 0 Å². The summed E-state index contributed by atoms with van der Waals surface area (Å²) in [4.78, 5) is 2.40. The Morgan fingerprint density at radius 3 is 2.78 bits per heavy atom. The summed E-state index contributed by atoms with van der Waals surface area (Å²) in [6, 6.07) is 6.98. The van der Waals surface area contributed by atoms with E-state index in [0.29, 0.717) is 12.0 Å². The Balaban J connectivity index is 2.31. The first-order valence-corrected chi connectivity index (χ1v) is 6.76. The summed E-state index contributed by atoms with van der Waals surface area (Å²) in [5, 5.41) is 0. The van der Waals surface area contributed by atoms with Gasteiger partial charge in [-0.2, -0.15) is 0 Å². The fraction of sp³-hybridized carbons (Fsp3) is 0.600. The molecule has 3 nitrogen and oxygen atoms in total. The van der Waals surface area contributed by atoms with Gasteiger partial charge in [0.25, 0.3) is 0 Å². The predicted molar refractivity (Wildman–Crippen MR) is 74.9 cm³/mol. The van der Waals surface area contributed by atoms with Crippen LogP contribution >= 0.6 is 0 Å². The zero-order chi connectivity index (χ0) is 13.1. The molecule has 0 amide bonds. The van der Waals surface area contributed by atoms with E-state index in [1.54, 1.807) is 7.11 Å². The van der Waals surface area contributed by atoms with Crippen LogP contribution in [0, 0.1) is 5.92 Å². The van der Waals surface area contributed by atoms with Crippen LogP contribution in [0.25, 0.3) is 0 Å². The van der Waals surface area contributed by atoms with Crippen LogP contribution in [0.15, 0.2) is 18.2 Å². The van der Waals surface area contributed by atoms with Crippen LogP contribution in [0.5, 0.6) is 5.75 Å². The number of likely N-dealkylation sites (tertiary alicyclic amines) is 1. The quantitative estimate of drug-likeness (QED) is 0.888. The number of rotatable bonds is 4. The van der Waals surface area contributed by atoms with Gasteiger partial charge >= 0.3 is 0 Å². The SMILES string of the molecule is CCc1ccc(OC)c(C2CC(CN)CN2C)c1. The van der Waals surface area contributed by atoms with Gasteiger partial charge in [0.2, 0.25) is 0 Å². The van der Waals surface area contributed by atoms with Crippen molar-refractivity contribution in [3.8, 4) is 5.75 Å². The number of aryl methyl sites for hydroxylation is 1. The highest BCUT2D eigenvalue weighted by atomic mass is 16.5. The number of ether oxygens (including phenoxy) is 1. The molecule has 18 heavy (non-hydrogen) atoms. The zero-order valence-corrected chi connectivity index (χ0v) is 11.6. The second-order valence-electron chi connectivity index (χ2n) is 5.22. The molecular weight excluding hydrogens is 224 g/mol. The molecule has 0 bridgehead atoms. The second-order valence-corrected chi connectivity index (χ2v) is 5.22. The molecule has 1 aliphatic heterocycles. The van der Waals surface area contributed by atoms with E-state index in [0.717, 1.165) is 31.7 Å². The Morgan fingerprint density at radius 1 is 1.44 bits per heavy atom. The molecule has 1 aromatic rings. The van der Waals surface area contributed by atoms with Gasteiger partial charge in [0, 0.05) is 18.2 Å². The van der Waals surface area contributed by atoms with Crippen molar-refractivity contribution in [1.29, 1.82) is 0 Å². The maximum atomic E-state index is 5.81. The molecule has 3 heteroatoms. The smallest absolute Gasteiger partial charge is 0.123 e. The predicted octanol–water partition coefficient (Wildman–Crippen LogP) is 2.21. The van der Waals surface area contributed by atoms with Crippen LogP contribution in [-0.4, -0.2) is 32.1 Å². The molecule has 0 radical (unpaired) electrons. The van der Waals surface area contributed by atoms with Crippen molar-refractivity contribution in [1.82, 2.24) is 4.90 Å². The van der Waals surface area contributed by atoms with Crippen molar-refractivity contribution in [2.45, 2.75) is 25.8 Å². The van der Waals surface area contributed by atoms with E-state index >= 15 is 0 Å². The fourth-order valence-electron chi connectivity index (χ4n) is 2.90. The van der Waals surface area contributed by atoms with Gasteiger partial charge in [-0.25, -0.2) is 0 Å².